The lowest BCUT2D eigenvalue weighted by Gasteiger charge is -2.04. The number of carbonyl (C=O) groups is 1. The Morgan fingerprint density at radius 1 is 1.05 bits per heavy atom. The number of thioether (sulfide) groups is 1. The van der Waals surface area contributed by atoms with Gasteiger partial charge >= 0.3 is 0 Å². The van der Waals surface area contributed by atoms with Gasteiger partial charge < -0.3 is 0 Å². The maximum absolute atomic E-state index is 12.2. The van der Waals surface area contributed by atoms with Gasteiger partial charge in [-0.15, -0.1) is 11.8 Å². The number of benzene rings is 2. The predicted octanol–water partition coefficient (Wildman–Crippen LogP) is 4.69. The normalized spacial score (nSPS) is 10.8. The molecule has 2 aromatic carbocycles. The van der Waals surface area contributed by atoms with Gasteiger partial charge in [-0.3, -0.25) is 4.79 Å². The summed E-state index contributed by atoms with van der Waals surface area (Å²) in [5, 5.41) is 0. The summed E-state index contributed by atoms with van der Waals surface area (Å²) in [4.78, 5) is 13.3. The molecule has 0 bridgehead atoms. The second kappa shape index (κ2) is 6.95. The summed E-state index contributed by atoms with van der Waals surface area (Å²) in [5.74, 6) is 1.02. The van der Waals surface area contributed by atoms with Crippen molar-refractivity contribution in [3.05, 3.63) is 71.8 Å². The van der Waals surface area contributed by atoms with Gasteiger partial charge in [0.05, 0.1) is 0 Å². The Hall–Kier alpha value is -1.80. The number of allylic oxidation sites excluding steroid dienone is 1. The first-order chi connectivity index (χ1) is 9.31. The summed E-state index contributed by atoms with van der Waals surface area (Å²) in [6.45, 7) is 2.09. The third kappa shape index (κ3) is 3.83. The zero-order chi connectivity index (χ0) is 13.5. The Morgan fingerprint density at radius 2 is 1.74 bits per heavy atom. The van der Waals surface area contributed by atoms with Crippen molar-refractivity contribution in [1.82, 2.24) is 0 Å². The minimum Gasteiger partial charge on any atom is -0.289 e. The Morgan fingerprint density at radius 3 is 2.47 bits per heavy atom. The zero-order valence-electron chi connectivity index (χ0n) is 10.9. The van der Waals surface area contributed by atoms with E-state index in [1.54, 1.807) is 17.8 Å². The van der Waals surface area contributed by atoms with E-state index in [-0.39, 0.29) is 5.78 Å². The summed E-state index contributed by atoms with van der Waals surface area (Å²) in [5.41, 5.74) is 1.82. The Balaban J connectivity index is 2.18. The first-order valence-corrected chi connectivity index (χ1v) is 7.29. The SMILES string of the molecule is CCSc1ccccc1C(=O)/C=C/c1ccccc1. The van der Waals surface area contributed by atoms with Crippen LogP contribution in [0.25, 0.3) is 6.08 Å². The van der Waals surface area contributed by atoms with E-state index in [0.717, 1.165) is 21.8 Å². The maximum Gasteiger partial charge on any atom is 0.186 e. The smallest absolute Gasteiger partial charge is 0.186 e. The summed E-state index contributed by atoms with van der Waals surface area (Å²) in [7, 11) is 0. The van der Waals surface area contributed by atoms with Gasteiger partial charge in [0, 0.05) is 10.5 Å². The highest BCUT2D eigenvalue weighted by atomic mass is 32.2. The number of hydrogen-bond donors (Lipinski definition) is 0. The van der Waals surface area contributed by atoms with Gasteiger partial charge in [0.1, 0.15) is 0 Å². The summed E-state index contributed by atoms with van der Waals surface area (Å²) >= 11 is 1.70. The molecule has 2 rings (SSSR count). The lowest BCUT2D eigenvalue weighted by molar-refractivity contribution is 0.104. The average molecular weight is 268 g/mol. The van der Waals surface area contributed by atoms with E-state index in [1.165, 1.54) is 0 Å². The fourth-order valence-corrected chi connectivity index (χ4v) is 2.59. The van der Waals surface area contributed by atoms with Gasteiger partial charge in [0.2, 0.25) is 0 Å². The summed E-state index contributed by atoms with van der Waals surface area (Å²) in [6, 6.07) is 17.6. The highest BCUT2D eigenvalue weighted by Crippen LogP contribution is 2.23. The van der Waals surface area contributed by atoms with Gasteiger partial charge in [-0.1, -0.05) is 55.5 Å². The first-order valence-electron chi connectivity index (χ1n) is 6.30. The number of rotatable bonds is 5. The van der Waals surface area contributed by atoms with Crippen LogP contribution in [0.4, 0.5) is 0 Å². The molecule has 0 saturated heterocycles. The number of hydrogen-bond acceptors (Lipinski definition) is 2. The zero-order valence-corrected chi connectivity index (χ0v) is 11.7. The topological polar surface area (TPSA) is 17.1 Å². The fourth-order valence-electron chi connectivity index (χ4n) is 1.78. The molecule has 0 saturated carbocycles. The average Bonchev–Trinajstić information content (AvgIpc) is 2.47. The van der Waals surface area contributed by atoms with Crippen LogP contribution < -0.4 is 0 Å². The van der Waals surface area contributed by atoms with Gasteiger partial charge in [0.25, 0.3) is 0 Å². The van der Waals surface area contributed by atoms with Crippen LogP contribution in [0.15, 0.2) is 65.6 Å². The van der Waals surface area contributed by atoms with Crippen LogP contribution in [0, 0.1) is 0 Å². The van der Waals surface area contributed by atoms with Crippen LogP contribution in [-0.2, 0) is 0 Å². The first kappa shape index (κ1) is 13.6. The van der Waals surface area contributed by atoms with Crippen LogP contribution in [0.3, 0.4) is 0 Å². The Labute approximate surface area is 118 Å². The lowest BCUT2D eigenvalue weighted by Crippen LogP contribution is -1.96. The van der Waals surface area contributed by atoms with Gasteiger partial charge in [-0.25, -0.2) is 0 Å². The molecule has 0 radical (unpaired) electrons. The van der Waals surface area contributed by atoms with E-state index in [9.17, 15) is 4.79 Å². The fraction of sp³-hybridized carbons (Fsp3) is 0.118. The molecule has 19 heavy (non-hydrogen) atoms. The van der Waals surface area contributed by atoms with E-state index in [1.807, 2.05) is 60.7 Å². The Kier molecular flexibility index (Phi) is 4.99. The molecule has 1 nitrogen and oxygen atoms in total. The molecule has 0 aliphatic heterocycles. The molecule has 0 aliphatic rings. The van der Waals surface area contributed by atoms with Crippen molar-refractivity contribution < 1.29 is 4.79 Å². The quantitative estimate of drug-likeness (QED) is 0.444. The lowest BCUT2D eigenvalue weighted by atomic mass is 10.1. The maximum atomic E-state index is 12.2. The minimum absolute atomic E-state index is 0.0559. The second-order valence-corrected chi connectivity index (χ2v) is 5.34. The number of ketones is 1. The highest BCUT2D eigenvalue weighted by molar-refractivity contribution is 7.99. The molecule has 2 heteroatoms. The van der Waals surface area contributed by atoms with Crippen LogP contribution in [0.1, 0.15) is 22.8 Å². The molecular formula is C17H16OS. The standard InChI is InChI=1S/C17H16OS/c1-2-19-17-11-7-6-10-15(17)16(18)13-12-14-8-4-3-5-9-14/h3-13H,2H2,1H3/b13-12+. The van der Waals surface area contributed by atoms with Crippen molar-refractivity contribution in [3.8, 4) is 0 Å². The van der Waals surface area contributed by atoms with E-state index < -0.39 is 0 Å². The third-order valence-corrected chi connectivity index (χ3v) is 3.63. The molecule has 0 aromatic heterocycles. The summed E-state index contributed by atoms with van der Waals surface area (Å²) in [6.07, 6.45) is 3.50. The van der Waals surface area contributed by atoms with E-state index in [2.05, 4.69) is 6.92 Å². The third-order valence-electron chi connectivity index (χ3n) is 2.68. The molecule has 0 N–H and O–H groups in total. The van der Waals surface area contributed by atoms with Crippen molar-refractivity contribution in [3.63, 3.8) is 0 Å². The predicted molar refractivity (Wildman–Crippen MR) is 82.6 cm³/mol. The monoisotopic (exact) mass is 268 g/mol. The number of carbonyl (C=O) groups excluding carboxylic acids is 1. The van der Waals surface area contributed by atoms with Crippen molar-refractivity contribution in [2.45, 2.75) is 11.8 Å². The largest absolute Gasteiger partial charge is 0.289 e. The second-order valence-electron chi connectivity index (χ2n) is 4.04. The van der Waals surface area contributed by atoms with Crippen molar-refractivity contribution in [2.75, 3.05) is 5.75 Å². The molecule has 0 aliphatic carbocycles. The van der Waals surface area contributed by atoms with Gasteiger partial charge in [0.15, 0.2) is 5.78 Å². The Bertz CT molecular complexity index is 573. The minimum atomic E-state index is 0.0559. The highest BCUT2D eigenvalue weighted by Gasteiger charge is 2.07. The van der Waals surface area contributed by atoms with Crippen LogP contribution >= 0.6 is 11.8 Å². The van der Waals surface area contributed by atoms with E-state index in [0.29, 0.717) is 0 Å². The van der Waals surface area contributed by atoms with E-state index in [4.69, 9.17) is 0 Å². The molecule has 2 aromatic rings. The van der Waals surface area contributed by atoms with Crippen LogP contribution in [0.5, 0.6) is 0 Å². The molecule has 0 heterocycles. The van der Waals surface area contributed by atoms with Gasteiger partial charge in [-0.2, -0.15) is 0 Å². The molecule has 0 amide bonds. The molecule has 0 unspecified atom stereocenters. The molecule has 0 atom stereocenters. The van der Waals surface area contributed by atoms with Gasteiger partial charge in [-0.05, 0) is 29.5 Å². The molecule has 96 valence electrons. The molecular weight excluding hydrogens is 252 g/mol. The van der Waals surface area contributed by atoms with Crippen LogP contribution in [-0.4, -0.2) is 11.5 Å². The summed E-state index contributed by atoms with van der Waals surface area (Å²) < 4.78 is 0. The van der Waals surface area contributed by atoms with Crippen molar-refractivity contribution in [2.24, 2.45) is 0 Å². The van der Waals surface area contributed by atoms with Crippen molar-refractivity contribution in [1.29, 1.82) is 0 Å². The van der Waals surface area contributed by atoms with Crippen LogP contribution in [0.2, 0.25) is 0 Å². The molecule has 0 spiro atoms. The van der Waals surface area contributed by atoms with Crippen molar-refractivity contribution >= 4 is 23.6 Å². The van der Waals surface area contributed by atoms with E-state index >= 15 is 0 Å². The molecule has 0 fully saturated rings.